The van der Waals surface area contributed by atoms with Gasteiger partial charge in [-0.2, -0.15) is 0 Å². The van der Waals surface area contributed by atoms with Crippen LogP contribution in [0, 0.1) is 0 Å². The second-order valence-electron chi connectivity index (χ2n) is 4.77. The summed E-state index contributed by atoms with van der Waals surface area (Å²) in [6.07, 6.45) is 0. The largest absolute Gasteiger partial charge is 0.507 e. The fourth-order valence-corrected chi connectivity index (χ4v) is 2.47. The van der Waals surface area contributed by atoms with Gasteiger partial charge in [-0.3, -0.25) is 9.59 Å². The van der Waals surface area contributed by atoms with Gasteiger partial charge < -0.3 is 20.4 Å². The third kappa shape index (κ3) is 1.56. The lowest BCUT2D eigenvalue weighted by Gasteiger charge is -2.21. The van der Waals surface area contributed by atoms with Crippen LogP contribution >= 0.6 is 0 Å². The van der Waals surface area contributed by atoms with Crippen molar-refractivity contribution in [2.24, 2.45) is 0 Å². The lowest BCUT2D eigenvalue weighted by molar-refractivity contribution is 0.0312. The van der Waals surface area contributed by atoms with Crippen molar-refractivity contribution < 1.29 is 30.0 Å². The number of phenols is 3. The quantitative estimate of drug-likeness (QED) is 0.354. The Kier molecular flexibility index (Phi) is 2.54. The number of aliphatic hydroxyl groups is 1. The molecule has 0 aromatic heterocycles. The summed E-state index contributed by atoms with van der Waals surface area (Å²) < 4.78 is 0. The van der Waals surface area contributed by atoms with Gasteiger partial charge in [0.1, 0.15) is 5.75 Å². The molecule has 0 fully saturated rings. The molecule has 2 aromatic carbocycles. The van der Waals surface area contributed by atoms with E-state index in [9.17, 15) is 30.0 Å². The van der Waals surface area contributed by atoms with Gasteiger partial charge in [0, 0.05) is 22.8 Å². The van der Waals surface area contributed by atoms with Gasteiger partial charge in [-0.05, 0) is 6.07 Å². The first kappa shape index (κ1) is 13.1. The van der Waals surface area contributed by atoms with E-state index in [0.717, 1.165) is 12.1 Å². The lowest BCUT2D eigenvalue weighted by atomic mass is 9.88. The van der Waals surface area contributed by atoms with Crippen LogP contribution in [0.25, 0.3) is 0 Å². The molecule has 0 saturated heterocycles. The highest BCUT2D eigenvalue weighted by Gasteiger charge is 2.54. The van der Waals surface area contributed by atoms with Crippen molar-refractivity contribution in [3.63, 3.8) is 0 Å². The van der Waals surface area contributed by atoms with Gasteiger partial charge in [-0.15, -0.1) is 0 Å². The predicted molar refractivity (Wildman–Crippen MR) is 70.4 cm³/mol. The zero-order valence-corrected chi connectivity index (χ0v) is 10.6. The molecule has 0 spiro atoms. The first-order valence-corrected chi connectivity index (χ1v) is 6.03. The minimum atomic E-state index is -2.61. The molecular formula is C15H10O6. The number of hydrogen-bond donors (Lipinski definition) is 4. The van der Waals surface area contributed by atoms with Gasteiger partial charge in [0.15, 0.2) is 11.5 Å². The molecular weight excluding hydrogens is 276 g/mol. The number of carbonyl (C=O) groups is 2. The predicted octanol–water partition coefficient (Wildman–Crippen LogP) is 1.07. The van der Waals surface area contributed by atoms with Crippen LogP contribution in [0.3, 0.4) is 0 Å². The number of Topliss-reactive ketones (excluding diaryl/α,β-unsaturated/α-hetero) is 2. The van der Waals surface area contributed by atoms with Crippen LogP contribution < -0.4 is 0 Å². The first-order chi connectivity index (χ1) is 9.87. The monoisotopic (exact) mass is 286 g/mol. The van der Waals surface area contributed by atoms with Crippen molar-refractivity contribution >= 4 is 11.6 Å². The molecule has 3 rings (SSSR count). The van der Waals surface area contributed by atoms with Crippen LogP contribution in [0.5, 0.6) is 17.2 Å². The van der Waals surface area contributed by atoms with Gasteiger partial charge in [-0.25, -0.2) is 0 Å². The Morgan fingerprint density at radius 1 is 0.762 bits per heavy atom. The van der Waals surface area contributed by atoms with Gasteiger partial charge in [0.2, 0.25) is 17.2 Å². The number of hydrogen-bond acceptors (Lipinski definition) is 6. The summed E-state index contributed by atoms with van der Waals surface area (Å²) in [5.41, 5.74) is -3.00. The summed E-state index contributed by atoms with van der Waals surface area (Å²) in [4.78, 5) is 24.7. The number of fused-ring (bicyclic) bond motifs is 1. The van der Waals surface area contributed by atoms with Crippen LogP contribution in [0.2, 0.25) is 0 Å². The zero-order valence-electron chi connectivity index (χ0n) is 10.6. The fourth-order valence-electron chi connectivity index (χ4n) is 2.47. The molecule has 21 heavy (non-hydrogen) atoms. The molecule has 0 saturated carbocycles. The summed E-state index contributed by atoms with van der Waals surface area (Å²) in [5.74, 6) is -3.72. The summed E-state index contributed by atoms with van der Waals surface area (Å²) in [7, 11) is 0. The number of benzene rings is 2. The Balaban J connectivity index is 2.27. The second kappa shape index (κ2) is 4.07. The van der Waals surface area contributed by atoms with Crippen LogP contribution in [-0.2, 0) is 5.60 Å². The molecule has 6 heteroatoms. The number of ketones is 2. The number of rotatable bonds is 1. The maximum atomic E-state index is 12.4. The molecule has 0 unspecified atom stereocenters. The van der Waals surface area contributed by atoms with E-state index >= 15 is 0 Å². The van der Waals surface area contributed by atoms with Crippen molar-refractivity contribution in [2.75, 3.05) is 0 Å². The maximum Gasteiger partial charge on any atom is 0.220 e. The van der Waals surface area contributed by atoms with Gasteiger partial charge in [0.05, 0.1) is 0 Å². The lowest BCUT2D eigenvalue weighted by Crippen LogP contribution is -2.38. The molecule has 0 radical (unpaired) electrons. The molecule has 0 aliphatic heterocycles. The van der Waals surface area contributed by atoms with E-state index in [0.29, 0.717) is 0 Å². The first-order valence-electron chi connectivity index (χ1n) is 6.03. The van der Waals surface area contributed by atoms with E-state index in [1.54, 1.807) is 12.1 Å². The number of carbonyl (C=O) groups excluding carboxylic acids is 2. The van der Waals surface area contributed by atoms with Crippen molar-refractivity contribution in [3.05, 3.63) is 53.1 Å². The molecule has 4 N–H and O–H groups in total. The maximum absolute atomic E-state index is 12.4. The normalized spacial score (nSPS) is 16.0. The van der Waals surface area contributed by atoms with Crippen molar-refractivity contribution in [3.8, 4) is 17.2 Å². The Morgan fingerprint density at radius 3 is 1.76 bits per heavy atom. The smallest absolute Gasteiger partial charge is 0.220 e. The minimum absolute atomic E-state index is 0.0389. The van der Waals surface area contributed by atoms with Gasteiger partial charge in [-0.1, -0.05) is 24.3 Å². The number of aromatic hydroxyl groups is 3. The topological polar surface area (TPSA) is 115 Å². The van der Waals surface area contributed by atoms with Crippen LogP contribution in [0.15, 0.2) is 36.4 Å². The molecule has 0 amide bonds. The minimum Gasteiger partial charge on any atom is -0.507 e. The van der Waals surface area contributed by atoms with Crippen LogP contribution in [-0.4, -0.2) is 32.0 Å². The summed E-state index contributed by atoms with van der Waals surface area (Å²) in [5, 5.41) is 39.2. The van der Waals surface area contributed by atoms with Gasteiger partial charge >= 0.3 is 0 Å². The van der Waals surface area contributed by atoms with Crippen LogP contribution in [0.4, 0.5) is 0 Å². The van der Waals surface area contributed by atoms with Crippen molar-refractivity contribution in [1.82, 2.24) is 0 Å². The molecule has 6 nitrogen and oxygen atoms in total. The van der Waals surface area contributed by atoms with Gasteiger partial charge in [0.25, 0.3) is 0 Å². The average Bonchev–Trinajstić information content (AvgIpc) is 2.66. The highest BCUT2D eigenvalue weighted by Crippen LogP contribution is 2.44. The van der Waals surface area contributed by atoms with E-state index in [1.165, 1.54) is 12.1 Å². The summed E-state index contributed by atoms with van der Waals surface area (Å²) in [6, 6.07) is 7.43. The third-order valence-corrected chi connectivity index (χ3v) is 3.56. The SMILES string of the molecule is O=C1c2ccccc2C(=O)C1(O)c1cc(O)c(O)cc1O. The highest BCUT2D eigenvalue weighted by molar-refractivity contribution is 6.32. The highest BCUT2D eigenvalue weighted by atomic mass is 16.3. The number of phenolic OH excluding ortho intramolecular Hbond substituents is 3. The zero-order chi connectivity index (χ0) is 15.4. The second-order valence-corrected chi connectivity index (χ2v) is 4.77. The average molecular weight is 286 g/mol. The van der Waals surface area contributed by atoms with E-state index in [-0.39, 0.29) is 11.1 Å². The van der Waals surface area contributed by atoms with E-state index in [1.807, 2.05) is 0 Å². The molecule has 0 heterocycles. The van der Waals surface area contributed by atoms with Crippen molar-refractivity contribution in [1.29, 1.82) is 0 Å². The molecule has 0 bridgehead atoms. The standard InChI is InChI=1S/C15H10O6/c16-10-6-12(18)11(17)5-9(10)15(21)13(19)7-3-1-2-4-8(7)14(15)20/h1-6,16-18,21H. The van der Waals surface area contributed by atoms with Crippen LogP contribution in [0.1, 0.15) is 26.3 Å². The van der Waals surface area contributed by atoms with Crippen molar-refractivity contribution in [2.45, 2.75) is 5.60 Å². The molecule has 1 aliphatic carbocycles. The Hall–Kier alpha value is -2.86. The van der Waals surface area contributed by atoms with E-state index in [2.05, 4.69) is 0 Å². The molecule has 106 valence electrons. The fraction of sp³-hybridized carbons (Fsp3) is 0.0667. The Bertz CT molecular complexity index is 758. The summed E-state index contributed by atoms with van der Waals surface area (Å²) >= 11 is 0. The molecule has 2 aromatic rings. The Labute approximate surface area is 118 Å². The summed E-state index contributed by atoms with van der Waals surface area (Å²) in [6.45, 7) is 0. The van der Waals surface area contributed by atoms with E-state index < -0.39 is 40.0 Å². The molecule has 1 aliphatic rings. The Morgan fingerprint density at radius 2 is 1.24 bits per heavy atom. The van der Waals surface area contributed by atoms with E-state index in [4.69, 9.17) is 0 Å². The third-order valence-electron chi connectivity index (χ3n) is 3.56. The molecule has 0 atom stereocenters.